The number of hydrogen-bond donors (Lipinski definition) is 0. The van der Waals surface area contributed by atoms with E-state index in [9.17, 15) is 4.79 Å². The van der Waals surface area contributed by atoms with E-state index in [1.807, 2.05) is 20.8 Å². The number of aromatic nitrogens is 1. The fourth-order valence-electron chi connectivity index (χ4n) is 2.03. The Morgan fingerprint density at radius 1 is 1.39 bits per heavy atom. The number of hydrogen-bond acceptors (Lipinski definition) is 5. The summed E-state index contributed by atoms with van der Waals surface area (Å²) in [4.78, 5) is 17.4. The van der Waals surface area contributed by atoms with Crippen LogP contribution in [0, 0.1) is 0 Å². The van der Waals surface area contributed by atoms with Crippen LogP contribution in [0.5, 0.6) is 5.75 Å². The Morgan fingerprint density at radius 3 is 2.70 bits per heavy atom. The zero-order valence-corrected chi connectivity index (χ0v) is 16.4. The van der Waals surface area contributed by atoms with Gasteiger partial charge in [0.15, 0.2) is 3.92 Å². The van der Waals surface area contributed by atoms with Crippen molar-refractivity contribution in [2.24, 2.45) is 0 Å². The van der Waals surface area contributed by atoms with E-state index < -0.39 is 5.60 Å². The number of esters is 1. The summed E-state index contributed by atoms with van der Waals surface area (Å²) < 4.78 is 11.5. The minimum Gasteiger partial charge on any atom is -0.496 e. The molecule has 1 aromatic carbocycles. The van der Waals surface area contributed by atoms with Gasteiger partial charge in [0.1, 0.15) is 11.4 Å². The lowest BCUT2D eigenvalue weighted by Crippen LogP contribution is -2.24. The quantitative estimate of drug-likeness (QED) is 0.647. The Labute approximate surface area is 152 Å². The van der Waals surface area contributed by atoms with Crippen molar-refractivity contribution in [3.8, 4) is 17.0 Å². The number of carbonyl (C=O) groups excluding carboxylic acids is 1. The first kappa shape index (κ1) is 18.2. The molecule has 0 spiro atoms. The number of thiazole rings is 1. The van der Waals surface area contributed by atoms with E-state index >= 15 is 0 Å². The molecule has 0 atom stereocenters. The second-order valence-corrected chi connectivity index (χ2v) is 8.64. The van der Waals surface area contributed by atoms with Gasteiger partial charge in [-0.15, -0.1) is 11.3 Å². The third-order valence-corrected chi connectivity index (χ3v) is 4.55. The van der Waals surface area contributed by atoms with Gasteiger partial charge < -0.3 is 9.47 Å². The molecule has 0 fully saturated rings. The number of halogens is 2. The summed E-state index contributed by atoms with van der Waals surface area (Å²) in [6.07, 6.45) is 0.144. The Hall–Kier alpha value is -1.11. The van der Waals surface area contributed by atoms with Gasteiger partial charge in [0.05, 0.1) is 19.2 Å². The highest BCUT2D eigenvalue weighted by Crippen LogP contribution is 2.38. The molecule has 0 unspecified atom stereocenters. The van der Waals surface area contributed by atoms with Crippen LogP contribution in [-0.4, -0.2) is 23.7 Å². The highest BCUT2D eigenvalue weighted by molar-refractivity contribution is 9.11. The van der Waals surface area contributed by atoms with Gasteiger partial charge in [0.25, 0.3) is 0 Å². The Balaban J connectivity index is 2.38. The lowest BCUT2D eigenvalue weighted by atomic mass is 10.1. The zero-order valence-electron chi connectivity index (χ0n) is 13.3. The maximum absolute atomic E-state index is 12.1. The molecule has 0 saturated heterocycles. The minimum absolute atomic E-state index is 0.144. The average Bonchev–Trinajstić information content (AvgIpc) is 2.77. The van der Waals surface area contributed by atoms with Crippen LogP contribution in [0.15, 0.2) is 22.1 Å². The van der Waals surface area contributed by atoms with Crippen LogP contribution in [-0.2, 0) is 16.0 Å². The summed E-state index contributed by atoms with van der Waals surface area (Å²) >= 11 is 10.9. The standard InChI is InChI=1S/C16H17BrClNO3S/c1-16(2,3)22-13(20)8-12-14(19-15(17)23-12)10-7-9(18)5-6-11(10)21-4/h5-7H,8H2,1-4H3. The van der Waals surface area contributed by atoms with Crippen LogP contribution in [0.25, 0.3) is 11.3 Å². The van der Waals surface area contributed by atoms with E-state index in [0.717, 1.165) is 10.4 Å². The molecule has 1 heterocycles. The summed E-state index contributed by atoms with van der Waals surface area (Å²) in [7, 11) is 1.59. The number of carbonyl (C=O) groups is 1. The number of rotatable bonds is 4. The van der Waals surface area contributed by atoms with Crippen LogP contribution in [0.3, 0.4) is 0 Å². The van der Waals surface area contributed by atoms with Crippen molar-refractivity contribution in [1.82, 2.24) is 4.98 Å². The van der Waals surface area contributed by atoms with Gasteiger partial charge in [-0.2, -0.15) is 0 Å². The van der Waals surface area contributed by atoms with Crippen LogP contribution < -0.4 is 4.74 Å². The van der Waals surface area contributed by atoms with Crippen molar-refractivity contribution in [3.05, 3.63) is 32.0 Å². The van der Waals surface area contributed by atoms with Gasteiger partial charge in [0.2, 0.25) is 0 Å². The highest BCUT2D eigenvalue weighted by Gasteiger charge is 2.22. The molecule has 2 aromatic rings. The summed E-state index contributed by atoms with van der Waals surface area (Å²) in [5.74, 6) is 0.355. The summed E-state index contributed by atoms with van der Waals surface area (Å²) in [6.45, 7) is 5.52. The first-order valence-electron chi connectivity index (χ1n) is 6.90. The Kier molecular flexibility index (Phi) is 5.70. The maximum atomic E-state index is 12.1. The molecule has 1 aromatic heterocycles. The van der Waals surface area contributed by atoms with E-state index in [2.05, 4.69) is 20.9 Å². The molecule has 23 heavy (non-hydrogen) atoms. The average molecular weight is 419 g/mol. The third-order valence-electron chi connectivity index (χ3n) is 2.81. The van der Waals surface area contributed by atoms with E-state index in [0.29, 0.717) is 20.4 Å². The monoisotopic (exact) mass is 417 g/mol. The van der Waals surface area contributed by atoms with E-state index in [1.165, 1.54) is 11.3 Å². The van der Waals surface area contributed by atoms with Crippen LogP contribution in [0.2, 0.25) is 5.02 Å². The molecule has 0 radical (unpaired) electrons. The van der Waals surface area contributed by atoms with Gasteiger partial charge in [-0.05, 0) is 54.9 Å². The van der Waals surface area contributed by atoms with Crippen molar-refractivity contribution >= 4 is 44.8 Å². The first-order valence-corrected chi connectivity index (χ1v) is 8.89. The number of ether oxygens (including phenoxy) is 2. The predicted molar refractivity (Wildman–Crippen MR) is 96.4 cm³/mol. The summed E-state index contributed by atoms with van der Waals surface area (Å²) in [6, 6.07) is 5.31. The van der Waals surface area contributed by atoms with Gasteiger partial charge in [-0.1, -0.05) is 11.6 Å². The lowest BCUT2D eigenvalue weighted by Gasteiger charge is -2.19. The molecule has 0 bridgehead atoms. The molecular weight excluding hydrogens is 402 g/mol. The smallest absolute Gasteiger partial charge is 0.311 e. The molecule has 7 heteroatoms. The first-order chi connectivity index (χ1) is 10.7. The molecule has 0 saturated carbocycles. The fraction of sp³-hybridized carbons (Fsp3) is 0.375. The predicted octanol–water partition coefficient (Wildman–Crippen LogP) is 5.12. The van der Waals surface area contributed by atoms with Crippen molar-refractivity contribution in [2.45, 2.75) is 32.8 Å². The molecule has 0 aliphatic heterocycles. The maximum Gasteiger partial charge on any atom is 0.311 e. The van der Waals surface area contributed by atoms with Crippen LogP contribution >= 0.6 is 38.9 Å². The topological polar surface area (TPSA) is 48.4 Å². The molecule has 4 nitrogen and oxygen atoms in total. The van der Waals surface area contributed by atoms with E-state index in [-0.39, 0.29) is 12.4 Å². The number of nitrogens with zero attached hydrogens (tertiary/aromatic N) is 1. The number of benzene rings is 1. The van der Waals surface area contributed by atoms with Gasteiger partial charge in [-0.3, -0.25) is 4.79 Å². The third kappa shape index (κ3) is 4.93. The van der Waals surface area contributed by atoms with E-state index in [4.69, 9.17) is 21.1 Å². The van der Waals surface area contributed by atoms with Crippen molar-refractivity contribution < 1.29 is 14.3 Å². The van der Waals surface area contributed by atoms with Gasteiger partial charge in [-0.25, -0.2) is 4.98 Å². The van der Waals surface area contributed by atoms with Crippen molar-refractivity contribution in [1.29, 1.82) is 0 Å². The van der Waals surface area contributed by atoms with Gasteiger partial charge in [0, 0.05) is 15.5 Å². The van der Waals surface area contributed by atoms with Crippen molar-refractivity contribution in [2.75, 3.05) is 7.11 Å². The summed E-state index contributed by atoms with van der Waals surface area (Å²) in [5.41, 5.74) is 0.903. The van der Waals surface area contributed by atoms with E-state index in [1.54, 1.807) is 25.3 Å². The van der Waals surface area contributed by atoms with Crippen molar-refractivity contribution in [3.63, 3.8) is 0 Å². The second-order valence-electron chi connectivity index (χ2n) is 5.85. The highest BCUT2D eigenvalue weighted by atomic mass is 79.9. The van der Waals surface area contributed by atoms with Crippen LogP contribution in [0.1, 0.15) is 25.6 Å². The zero-order chi connectivity index (χ0) is 17.2. The van der Waals surface area contributed by atoms with Crippen LogP contribution in [0.4, 0.5) is 0 Å². The molecule has 124 valence electrons. The summed E-state index contributed by atoms with van der Waals surface area (Å²) in [5, 5.41) is 0.577. The van der Waals surface area contributed by atoms with Gasteiger partial charge >= 0.3 is 5.97 Å². The second kappa shape index (κ2) is 7.20. The molecule has 0 aliphatic carbocycles. The minimum atomic E-state index is -0.521. The SMILES string of the molecule is COc1ccc(Cl)cc1-c1nc(Br)sc1CC(=O)OC(C)(C)C. The molecule has 2 rings (SSSR count). The number of methoxy groups -OCH3 is 1. The largest absolute Gasteiger partial charge is 0.496 e. The molecule has 0 amide bonds. The molecule has 0 N–H and O–H groups in total. The lowest BCUT2D eigenvalue weighted by molar-refractivity contribution is -0.153. The molecular formula is C16H17BrClNO3S. The fourth-order valence-corrected chi connectivity index (χ4v) is 3.75. The molecule has 0 aliphatic rings. The Bertz CT molecular complexity index is 725. The Morgan fingerprint density at radius 2 is 2.09 bits per heavy atom. The normalized spacial score (nSPS) is 11.4.